The number of fused-ring (bicyclic) bond motifs is 9. The van der Waals surface area contributed by atoms with Crippen LogP contribution in [-0.2, 0) is 6.42 Å². The quantitative estimate of drug-likeness (QED) is 0.139. The third-order valence-corrected chi connectivity index (χ3v) is 27.5. The minimum atomic E-state index is -2.33. The topological polar surface area (TPSA) is 9.72 Å². The number of benzene rings is 12. The molecule has 7 heteroatoms. The van der Waals surface area contributed by atoms with Crippen molar-refractivity contribution in [3.63, 3.8) is 0 Å². The molecular formula is C86H67N3S3Si. The van der Waals surface area contributed by atoms with Gasteiger partial charge in [-0.2, -0.15) is 0 Å². The van der Waals surface area contributed by atoms with Gasteiger partial charge in [0.15, 0.2) is 0 Å². The Morgan fingerprint density at radius 1 is 0.323 bits per heavy atom. The summed E-state index contributed by atoms with van der Waals surface area (Å²) in [4.78, 5) is 15.2. The molecule has 3 nitrogen and oxygen atoms in total. The Balaban J connectivity index is 0.000000183. The molecule has 3 heterocycles. The van der Waals surface area contributed by atoms with Crippen molar-refractivity contribution in [2.75, 3.05) is 14.7 Å². The molecule has 3 aliphatic heterocycles. The van der Waals surface area contributed by atoms with Gasteiger partial charge in [-0.15, -0.1) is 0 Å². The Kier molecular flexibility index (Phi) is 14.4. The second-order valence-corrected chi connectivity index (χ2v) is 34.0. The molecule has 3 aliphatic carbocycles. The maximum Gasteiger partial charge on any atom is 0.0722 e. The van der Waals surface area contributed by atoms with Crippen molar-refractivity contribution >= 4 is 113 Å². The summed E-state index contributed by atoms with van der Waals surface area (Å²) in [6, 6.07) is 101. The van der Waals surface area contributed by atoms with E-state index in [2.05, 4.69) is 340 Å². The largest absolute Gasteiger partial charge is 0.308 e. The molecule has 18 rings (SSSR count). The Morgan fingerprint density at radius 2 is 0.613 bits per heavy atom. The molecule has 93 heavy (non-hydrogen) atoms. The number of anilines is 9. The van der Waals surface area contributed by atoms with Crippen LogP contribution >= 0.6 is 35.3 Å². The smallest absolute Gasteiger partial charge is 0.0722 e. The predicted molar refractivity (Wildman–Crippen MR) is 400 cm³/mol. The zero-order valence-electron chi connectivity index (χ0n) is 52.6. The third-order valence-electron chi connectivity index (χ3n) is 19.6. The van der Waals surface area contributed by atoms with E-state index in [1.807, 2.05) is 35.3 Å². The molecule has 0 spiro atoms. The van der Waals surface area contributed by atoms with Gasteiger partial charge in [0, 0.05) is 57.5 Å². The lowest BCUT2D eigenvalue weighted by molar-refractivity contribution is 0.967. The van der Waals surface area contributed by atoms with E-state index in [0.717, 1.165) is 6.42 Å². The number of nitrogens with zero attached hydrogens (tertiary/aromatic N) is 3. The number of para-hydroxylation sites is 6. The maximum atomic E-state index is 2.68. The van der Waals surface area contributed by atoms with Gasteiger partial charge in [-0.1, -0.05) is 247 Å². The van der Waals surface area contributed by atoms with Crippen LogP contribution < -0.4 is 14.7 Å². The molecule has 0 amide bonds. The van der Waals surface area contributed by atoms with E-state index in [1.165, 1.54) is 164 Å². The molecule has 2 atom stereocenters. The summed E-state index contributed by atoms with van der Waals surface area (Å²) in [5.74, 6) is 0. The number of rotatable bonds is 8. The molecule has 0 fully saturated rings. The molecule has 448 valence electrons. The summed E-state index contributed by atoms with van der Waals surface area (Å²) in [5.41, 5.74) is 32.3. The van der Waals surface area contributed by atoms with Gasteiger partial charge in [0.2, 0.25) is 0 Å². The fourth-order valence-corrected chi connectivity index (χ4v) is 24.0. The van der Waals surface area contributed by atoms with Crippen LogP contribution in [0, 0.1) is 0 Å². The molecule has 12 aromatic rings. The summed E-state index contributed by atoms with van der Waals surface area (Å²) in [6.45, 7) is 12.4. The molecule has 0 N–H and O–H groups in total. The number of allylic oxidation sites excluding steroid dienone is 3. The SMILES string of the molecule is CC1=Cc2c(-c3ccccc3)cc(N3c4ccccc4Sc4ccccc43)cc2C1[Si](C)(C)C1C(C)=Cc2c(-c3ccccc3)cc(N3c4ccccc4Sc4ccccc43)cc21.CC1=Cc2cc(N3c4ccccc4Sc4ccccc43)cc(-c3ccccc3)c2C1. The average molecular weight is 1270 g/mol. The van der Waals surface area contributed by atoms with E-state index in [0.29, 0.717) is 11.1 Å². The van der Waals surface area contributed by atoms with Crippen molar-refractivity contribution in [2.24, 2.45) is 0 Å². The molecule has 12 aromatic carbocycles. The van der Waals surface area contributed by atoms with Crippen molar-refractivity contribution in [3.8, 4) is 33.4 Å². The molecule has 0 bridgehead atoms. The van der Waals surface area contributed by atoms with Crippen molar-refractivity contribution in [3.05, 3.63) is 323 Å². The second-order valence-electron chi connectivity index (χ2n) is 25.9. The first kappa shape index (κ1) is 57.4. The molecule has 0 radical (unpaired) electrons. The number of hydrogen-bond acceptors (Lipinski definition) is 6. The van der Waals surface area contributed by atoms with Gasteiger partial charge in [0.1, 0.15) is 0 Å². The van der Waals surface area contributed by atoms with E-state index >= 15 is 0 Å². The highest BCUT2D eigenvalue weighted by atomic mass is 32.2. The minimum absolute atomic E-state index is 0.301. The highest BCUT2D eigenvalue weighted by Crippen LogP contribution is 2.60. The lowest BCUT2D eigenvalue weighted by Crippen LogP contribution is -2.42. The summed E-state index contributed by atoms with van der Waals surface area (Å²) < 4.78 is 0. The summed E-state index contributed by atoms with van der Waals surface area (Å²) in [6.07, 6.45) is 8.45. The van der Waals surface area contributed by atoms with Gasteiger partial charge in [0.25, 0.3) is 0 Å². The van der Waals surface area contributed by atoms with Crippen LogP contribution in [0.5, 0.6) is 0 Å². The highest BCUT2D eigenvalue weighted by molar-refractivity contribution is 8.00. The van der Waals surface area contributed by atoms with Gasteiger partial charge in [-0.3, -0.25) is 0 Å². The van der Waals surface area contributed by atoms with E-state index in [9.17, 15) is 0 Å². The first-order chi connectivity index (χ1) is 45.6. The first-order valence-electron chi connectivity index (χ1n) is 32.3. The van der Waals surface area contributed by atoms with E-state index < -0.39 is 8.07 Å². The second kappa shape index (κ2) is 23.3. The lowest BCUT2D eigenvalue weighted by Gasteiger charge is -2.40. The Hall–Kier alpha value is -9.47. The van der Waals surface area contributed by atoms with Gasteiger partial charge in [-0.05, 0) is 203 Å². The summed E-state index contributed by atoms with van der Waals surface area (Å²) in [7, 11) is -2.33. The Morgan fingerprint density at radius 3 is 0.957 bits per heavy atom. The zero-order chi connectivity index (χ0) is 62.5. The fraction of sp³-hybridized carbons (Fsp3) is 0.0930. The van der Waals surface area contributed by atoms with Crippen molar-refractivity contribution in [2.45, 2.75) is 80.7 Å². The van der Waals surface area contributed by atoms with E-state index in [1.54, 1.807) is 0 Å². The van der Waals surface area contributed by atoms with Crippen molar-refractivity contribution < 1.29 is 0 Å². The van der Waals surface area contributed by atoms with Crippen LogP contribution in [0.3, 0.4) is 0 Å². The van der Waals surface area contributed by atoms with Crippen LogP contribution in [0.1, 0.15) is 65.2 Å². The van der Waals surface area contributed by atoms with Gasteiger partial charge < -0.3 is 14.7 Å². The van der Waals surface area contributed by atoms with Crippen LogP contribution in [-0.4, -0.2) is 8.07 Å². The normalized spacial score (nSPS) is 16.0. The molecule has 0 saturated heterocycles. The van der Waals surface area contributed by atoms with Crippen LogP contribution in [0.25, 0.3) is 51.6 Å². The molecule has 0 saturated carbocycles. The van der Waals surface area contributed by atoms with Crippen LogP contribution in [0.4, 0.5) is 51.2 Å². The van der Waals surface area contributed by atoms with E-state index in [4.69, 9.17) is 0 Å². The molecule has 2 unspecified atom stereocenters. The molecule has 6 aliphatic rings. The highest BCUT2D eigenvalue weighted by Gasteiger charge is 2.48. The Bertz CT molecular complexity index is 4740. The third kappa shape index (κ3) is 9.90. The van der Waals surface area contributed by atoms with Gasteiger partial charge >= 0.3 is 0 Å². The first-order valence-corrected chi connectivity index (χ1v) is 37.9. The Labute approximate surface area is 560 Å². The van der Waals surface area contributed by atoms with Crippen LogP contribution in [0.2, 0.25) is 13.1 Å². The molecule has 0 aromatic heterocycles. The minimum Gasteiger partial charge on any atom is -0.308 e. The standard InChI is InChI=1S/C58H46N2S2Si.C28H21NS/c1-37-31-45-43(39-19-7-5-8-20-39)33-41(59-49-23-11-15-27-53(49)61-54-28-16-12-24-50(54)59)35-47(45)57(37)63(3,4)58-38(2)32-46-44(40-21-9-6-10-22-40)34-42(36-48(46)58)60-51-25-13-17-29-55(51)62-56-30-18-14-26-52(56)60;1-19-15-21-17-22(18-24(23(21)16-19)20-9-3-2-4-10-20)29-25-11-5-7-13-27(25)30-28-14-8-6-12-26(28)29/h5-36,57-58H,1-4H3;2-15,17-18H,16H2,1H3. The maximum absolute atomic E-state index is 2.68. The van der Waals surface area contributed by atoms with Gasteiger partial charge in [-0.25, -0.2) is 0 Å². The van der Waals surface area contributed by atoms with E-state index in [-0.39, 0.29) is 0 Å². The van der Waals surface area contributed by atoms with Gasteiger partial charge in [0.05, 0.1) is 42.2 Å². The van der Waals surface area contributed by atoms with Crippen LogP contribution in [0.15, 0.2) is 319 Å². The van der Waals surface area contributed by atoms with Crippen molar-refractivity contribution in [1.82, 2.24) is 0 Å². The fourth-order valence-electron chi connectivity index (χ4n) is 15.9. The lowest BCUT2D eigenvalue weighted by atomic mass is 9.94. The average Bonchev–Trinajstić information content (AvgIpc) is 1.57. The monoisotopic (exact) mass is 1270 g/mol. The number of hydrogen-bond donors (Lipinski definition) is 0. The zero-order valence-corrected chi connectivity index (χ0v) is 56.1. The van der Waals surface area contributed by atoms with Crippen molar-refractivity contribution in [1.29, 1.82) is 0 Å². The summed E-state index contributed by atoms with van der Waals surface area (Å²) in [5, 5.41) is 0. The summed E-state index contributed by atoms with van der Waals surface area (Å²) >= 11 is 5.59. The molecular weight excluding hydrogens is 1200 g/mol. The predicted octanol–water partition coefficient (Wildman–Crippen LogP) is 25.6.